The van der Waals surface area contributed by atoms with Gasteiger partial charge in [0.15, 0.2) is 0 Å². The Morgan fingerprint density at radius 2 is 2.07 bits per heavy atom. The third-order valence-electron chi connectivity index (χ3n) is 6.10. The lowest BCUT2D eigenvalue weighted by atomic mass is 9.86. The van der Waals surface area contributed by atoms with E-state index in [1.165, 1.54) is 17.5 Å². The lowest BCUT2D eigenvalue weighted by Gasteiger charge is -2.38. The lowest BCUT2D eigenvalue weighted by Crippen LogP contribution is -2.37. The van der Waals surface area contributed by atoms with Crippen LogP contribution in [0.25, 0.3) is 11.0 Å². The highest BCUT2D eigenvalue weighted by atomic mass is 16.5. The zero-order valence-electron chi connectivity index (χ0n) is 16.2. The number of fused-ring (bicyclic) bond motifs is 4. The number of benzene rings is 2. The Morgan fingerprint density at radius 3 is 2.96 bits per heavy atom. The number of nitrogens with zero attached hydrogens (tertiary/aromatic N) is 1. The standard InChI is InChI=1S/C24H25NO3/c1-2-6-17-13-23(26)28-24-19(17)11-12-22-20(24)14-25(15-27-22)21-10-5-8-16-7-3-4-9-18(16)21/h3-4,7,9,11-13,21H,2,5-6,8,10,14-15H2,1H3. The van der Waals surface area contributed by atoms with Crippen molar-refractivity contribution in [1.82, 2.24) is 4.90 Å². The minimum Gasteiger partial charge on any atom is -0.478 e. The maximum atomic E-state index is 12.2. The SMILES string of the molecule is CCCc1cc(=O)oc2c3c(ccc12)OCN(C1CCCc2ccccc21)C3. The molecule has 4 nitrogen and oxygen atoms in total. The van der Waals surface area contributed by atoms with Crippen LogP contribution in [0.3, 0.4) is 0 Å². The van der Waals surface area contributed by atoms with Gasteiger partial charge in [-0.1, -0.05) is 37.6 Å². The van der Waals surface area contributed by atoms with Crippen LogP contribution in [0.4, 0.5) is 0 Å². The molecule has 2 aliphatic rings. The number of hydrogen-bond donors (Lipinski definition) is 0. The topological polar surface area (TPSA) is 42.7 Å². The zero-order valence-corrected chi connectivity index (χ0v) is 16.2. The van der Waals surface area contributed by atoms with Crippen LogP contribution < -0.4 is 10.4 Å². The summed E-state index contributed by atoms with van der Waals surface area (Å²) >= 11 is 0. The van der Waals surface area contributed by atoms with Gasteiger partial charge < -0.3 is 9.15 Å². The molecule has 4 heteroatoms. The van der Waals surface area contributed by atoms with E-state index < -0.39 is 0 Å². The second-order valence-electron chi connectivity index (χ2n) is 7.89. The van der Waals surface area contributed by atoms with E-state index in [4.69, 9.17) is 9.15 Å². The molecule has 0 N–H and O–H groups in total. The molecular formula is C24H25NO3. The van der Waals surface area contributed by atoms with E-state index in [1.807, 2.05) is 12.1 Å². The van der Waals surface area contributed by atoms with Crippen LogP contribution in [-0.2, 0) is 19.4 Å². The Morgan fingerprint density at radius 1 is 1.18 bits per heavy atom. The fourth-order valence-corrected chi connectivity index (χ4v) is 4.80. The molecule has 0 fully saturated rings. The highest BCUT2D eigenvalue weighted by Crippen LogP contribution is 2.40. The molecule has 1 unspecified atom stereocenters. The Bertz CT molecular complexity index is 1080. The van der Waals surface area contributed by atoms with Gasteiger partial charge in [0.1, 0.15) is 18.1 Å². The number of rotatable bonds is 3. The summed E-state index contributed by atoms with van der Waals surface area (Å²) in [6, 6.07) is 14.8. The average Bonchev–Trinajstić information content (AvgIpc) is 2.73. The Labute approximate surface area is 164 Å². The summed E-state index contributed by atoms with van der Waals surface area (Å²) in [6.07, 6.45) is 5.34. The van der Waals surface area contributed by atoms with Crippen molar-refractivity contribution in [3.8, 4) is 5.75 Å². The molecule has 28 heavy (non-hydrogen) atoms. The molecule has 0 bridgehead atoms. The summed E-state index contributed by atoms with van der Waals surface area (Å²) in [5.41, 5.74) is 5.35. The van der Waals surface area contributed by atoms with Gasteiger partial charge in [-0.2, -0.15) is 0 Å². The molecule has 1 aliphatic carbocycles. The Hall–Kier alpha value is -2.59. The van der Waals surface area contributed by atoms with Crippen molar-refractivity contribution in [3.05, 3.63) is 75.1 Å². The number of ether oxygens (including phenoxy) is 1. The van der Waals surface area contributed by atoms with Crippen LogP contribution in [-0.4, -0.2) is 11.6 Å². The summed E-state index contributed by atoms with van der Waals surface area (Å²) in [7, 11) is 0. The van der Waals surface area contributed by atoms with Gasteiger partial charge in [0.2, 0.25) is 0 Å². The minimum absolute atomic E-state index is 0.274. The second kappa shape index (κ2) is 7.10. The molecule has 0 saturated carbocycles. The first-order chi connectivity index (χ1) is 13.7. The van der Waals surface area contributed by atoms with Crippen molar-refractivity contribution in [2.45, 2.75) is 51.6 Å². The Kier molecular flexibility index (Phi) is 4.44. The highest BCUT2D eigenvalue weighted by Gasteiger charge is 2.30. The molecule has 1 atom stereocenters. The maximum absolute atomic E-state index is 12.2. The minimum atomic E-state index is -0.274. The van der Waals surface area contributed by atoms with Gasteiger partial charge in [0.05, 0.1) is 5.56 Å². The van der Waals surface area contributed by atoms with E-state index in [-0.39, 0.29) is 5.63 Å². The molecule has 2 heterocycles. The van der Waals surface area contributed by atoms with Crippen LogP contribution in [0, 0.1) is 0 Å². The van der Waals surface area contributed by atoms with E-state index in [9.17, 15) is 4.79 Å². The third-order valence-corrected chi connectivity index (χ3v) is 6.10. The van der Waals surface area contributed by atoms with Crippen LogP contribution in [0.1, 0.15) is 54.5 Å². The lowest BCUT2D eigenvalue weighted by molar-refractivity contribution is 0.0482. The van der Waals surface area contributed by atoms with Crippen molar-refractivity contribution < 1.29 is 9.15 Å². The van der Waals surface area contributed by atoms with Gasteiger partial charge in [-0.15, -0.1) is 0 Å². The smallest absolute Gasteiger partial charge is 0.336 e. The molecule has 144 valence electrons. The second-order valence-corrected chi connectivity index (χ2v) is 7.89. The molecule has 2 aromatic carbocycles. The molecule has 0 radical (unpaired) electrons. The van der Waals surface area contributed by atoms with Crippen molar-refractivity contribution in [2.75, 3.05) is 6.73 Å². The summed E-state index contributed by atoms with van der Waals surface area (Å²) in [5, 5.41) is 1.04. The van der Waals surface area contributed by atoms with Crippen LogP contribution in [0.2, 0.25) is 0 Å². The predicted octanol–water partition coefficient (Wildman–Crippen LogP) is 4.98. The maximum Gasteiger partial charge on any atom is 0.336 e. The van der Waals surface area contributed by atoms with Gasteiger partial charge in [-0.25, -0.2) is 4.79 Å². The number of hydrogen-bond acceptors (Lipinski definition) is 4. The normalized spacial score (nSPS) is 19.1. The fourth-order valence-electron chi connectivity index (χ4n) is 4.80. The first-order valence-corrected chi connectivity index (χ1v) is 10.3. The quantitative estimate of drug-likeness (QED) is 0.606. The number of aryl methyl sites for hydroxylation is 2. The van der Waals surface area contributed by atoms with Crippen LogP contribution >= 0.6 is 0 Å². The van der Waals surface area contributed by atoms with Crippen molar-refractivity contribution in [2.24, 2.45) is 0 Å². The summed E-state index contributed by atoms with van der Waals surface area (Å²) in [4.78, 5) is 14.6. The molecule has 0 spiro atoms. The first-order valence-electron chi connectivity index (χ1n) is 10.3. The summed E-state index contributed by atoms with van der Waals surface area (Å²) in [5.74, 6) is 0.838. The van der Waals surface area contributed by atoms with Crippen molar-refractivity contribution in [1.29, 1.82) is 0 Å². The van der Waals surface area contributed by atoms with Gasteiger partial charge in [0.25, 0.3) is 0 Å². The molecule has 1 aromatic heterocycles. The van der Waals surface area contributed by atoms with Gasteiger partial charge >= 0.3 is 5.63 Å². The fraction of sp³-hybridized carbons (Fsp3) is 0.375. The van der Waals surface area contributed by atoms with Crippen LogP contribution in [0.5, 0.6) is 5.75 Å². The Balaban J connectivity index is 1.57. The first kappa shape index (κ1) is 17.5. The van der Waals surface area contributed by atoms with Crippen molar-refractivity contribution >= 4 is 11.0 Å². The van der Waals surface area contributed by atoms with E-state index in [0.29, 0.717) is 18.4 Å². The van der Waals surface area contributed by atoms with E-state index in [0.717, 1.165) is 54.5 Å². The summed E-state index contributed by atoms with van der Waals surface area (Å²) < 4.78 is 11.8. The van der Waals surface area contributed by atoms with Crippen molar-refractivity contribution in [3.63, 3.8) is 0 Å². The molecule has 5 rings (SSSR count). The van der Waals surface area contributed by atoms with E-state index >= 15 is 0 Å². The molecule has 3 aromatic rings. The van der Waals surface area contributed by atoms with E-state index in [1.54, 1.807) is 6.07 Å². The average molecular weight is 375 g/mol. The molecule has 0 saturated heterocycles. The summed E-state index contributed by atoms with van der Waals surface area (Å²) in [6.45, 7) is 3.44. The third kappa shape index (κ3) is 2.92. The molecule has 1 aliphatic heterocycles. The monoisotopic (exact) mass is 375 g/mol. The highest BCUT2D eigenvalue weighted by molar-refractivity contribution is 5.85. The van der Waals surface area contributed by atoms with Gasteiger partial charge in [-0.05, 0) is 54.5 Å². The molecular weight excluding hydrogens is 350 g/mol. The zero-order chi connectivity index (χ0) is 19.1. The molecule has 0 amide bonds. The predicted molar refractivity (Wildman–Crippen MR) is 110 cm³/mol. The van der Waals surface area contributed by atoms with Gasteiger partial charge in [0, 0.05) is 24.0 Å². The van der Waals surface area contributed by atoms with E-state index in [2.05, 4.69) is 36.1 Å². The van der Waals surface area contributed by atoms with Crippen LogP contribution in [0.15, 0.2) is 51.7 Å². The largest absolute Gasteiger partial charge is 0.478 e. The van der Waals surface area contributed by atoms with Gasteiger partial charge in [-0.3, -0.25) is 4.90 Å².